The summed E-state index contributed by atoms with van der Waals surface area (Å²) in [5, 5.41) is 21.7. The van der Waals surface area contributed by atoms with E-state index in [0.717, 1.165) is 0 Å². The number of Topliss-reactive ketones (excluding diaryl/α,β-unsaturated/α-hetero) is 1. The normalized spacial score (nSPS) is 18.4. The molecule has 1 unspecified atom stereocenters. The average molecular weight is 553 g/mol. The zero-order valence-corrected chi connectivity index (χ0v) is 20.7. The summed E-state index contributed by atoms with van der Waals surface area (Å²) < 4.78 is 16.8. The molecule has 0 bridgehead atoms. The number of nitrogens with zero attached hydrogens (tertiary/aromatic N) is 2. The Balaban J connectivity index is 1.68. The lowest BCUT2D eigenvalue weighted by Crippen LogP contribution is -2.29. The number of fused-ring (bicyclic) bond motifs is 1. The SMILES string of the molecule is COc1cc(C2/C(=C(/O)c3ccc4c(c3)OCCO4)C(=O)C(=O)N2Cc2cccnc2)cc(Br)c1O. The van der Waals surface area contributed by atoms with Gasteiger partial charge in [0.05, 0.1) is 23.2 Å². The number of hydrogen-bond donors (Lipinski definition) is 2. The van der Waals surface area contributed by atoms with E-state index >= 15 is 0 Å². The third-order valence-electron chi connectivity index (χ3n) is 6.02. The average Bonchev–Trinajstić information content (AvgIpc) is 3.15. The van der Waals surface area contributed by atoms with Gasteiger partial charge in [0, 0.05) is 24.5 Å². The number of aliphatic hydroxyl groups excluding tert-OH is 1. The van der Waals surface area contributed by atoms with Gasteiger partial charge in [-0.1, -0.05) is 6.07 Å². The Labute approximate surface area is 214 Å². The minimum Gasteiger partial charge on any atom is -0.507 e. The zero-order valence-electron chi connectivity index (χ0n) is 19.1. The fourth-order valence-electron chi connectivity index (χ4n) is 4.33. The van der Waals surface area contributed by atoms with Gasteiger partial charge >= 0.3 is 0 Å². The molecule has 1 fully saturated rings. The maximum Gasteiger partial charge on any atom is 0.295 e. The smallest absolute Gasteiger partial charge is 0.295 e. The van der Waals surface area contributed by atoms with E-state index < -0.39 is 17.7 Å². The highest BCUT2D eigenvalue weighted by Crippen LogP contribution is 2.45. The number of benzene rings is 2. The van der Waals surface area contributed by atoms with Crippen LogP contribution in [0.15, 0.2) is 64.9 Å². The Bertz CT molecular complexity index is 1390. The molecule has 0 aliphatic carbocycles. The highest BCUT2D eigenvalue weighted by Gasteiger charge is 2.46. The number of carbonyl (C=O) groups is 2. The van der Waals surface area contributed by atoms with Gasteiger partial charge in [0.2, 0.25) is 0 Å². The van der Waals surface area contributed by atoms with E-state index in [-0.39, 0.29) is 29.4 Å². The van der Waals surface area contributed by atoms with Gasteiger partial charge < -0.3 is 29.3 Å². The number of ketones is 1. The van der Waals surface area contributed by atoms with Crippen LogP contribution in [0.2, 0.25) is 0 Å². The van der Waals surface area contributed by atoms with Gasteiger partial charge in [-0.15, -0.1) is 0 Å². The first kappa shape index (κ1) is 23.7. The van der Waals surface area contributed by atoms with Crippen LogP contribution in [0.1, 0.15) is 22.7 Å². The van der Waals surface area contributed by atoms with Gasteiger partial charge in [0.1, 0.15) is 19.0 Å². The molecule has 10 heteroatoms. The maximum atomic E-state index is 13.3. The molecule has 0 radical (unpaired) electrons. The summed E-state index contributed by atoms with van der Waals surface area (Å²) in [6, 6.07) is 10.5. The second kappa shape index (κ2) is 9.54. The Hall–Kier alpha value is -4.05. The highest BCUT2D eigenvalue weighted by atomic mass is 79.9. The van der Waals surface area contributed by atoms with E-state index in [1.54, 1.807) is 48.8 Å². The second-order valence-corrected chi connectivity index (χ2v) is 9.05. The number of phenolic OH excluding ortho intramolecular Hbond substituents is 1. The van der Waals surface area contributed by atoms with Crippen LogP contribution < -0.4 is 14.2 Å². The number of aromatic hydroxyl groups is 1. The molecule has 1 atom stereocenters. The number of phenols is 1. The fourth-order valence-corrected chi connectivity index (χ4v) is 4.79. The van der Waals surface area contributed by atoms with Crippen molar-refractivity contribution in [2.45, 2.75) is 12.6 Å². The van der Waals surface area contributed by atoms with Crippen LogP contribution in [-0.4, -0.2) is 52.1 Å². The molecule has 2 aliphatic heterocycles. The van der Waals surface area contributed by atoms with Crippen molar-refractivity contribution in [3.63, 3.8) is 0 Å². The van der Waals surface area contributed by atoms with Crippen molar-refractivity contribution in [3.05, 3.63) is 81.6 Å². The minimum absolute atomic E-state index is 0.0712. The molecular weight excluding hydrogens is 532 g/mol. The number of rotatable bonds is 5. The van der Waals surface area contributed by atoms with Crippen molar-refractivity contribution in [1.29, 1.82) is 0 Å². The van der Waals surface area contributed by atoms with Crippen LogP contribution in [0.25, 0.3) is 5.76 Å². The van der Waals surface area contributed by atoms with Crippen LogP contribution in [0.5, 0.6) is 23.0 Å². The molecule has 1 aromatic heterocycles. The first-order chi connectivity index (χ1) is 17.4. The maximum absolute atomic E-state index is 13.3. The lowest BCUT2D eigenvalue weighted by Gasteiger charge is -2.26. The monoisotopic (exact) mass is 552 g/mol. The first-order valence-electron chi connectivity index (χ1n) is 11.0. The minimum atomic E-state index is -0.968. The number of halogens is 1. The van der Waals surface area contributed by atoms with Crippen LogP contribution >= 0.6 is 15.9 Å². The van der Waals surface area contributed by atoms with Crippen molar-refractivity contribution in [3.8, 4) is 23.0 Å². The van der Waals surface area contributed by atoms with E-state index in [4.69, 9.17) is 14.2 Å². The van der Waals surface area contributed by atoms with E-state index in [2.05, 4.69) is 20.9 Å². The second-order valence-electron chi connectivity index (χ2n) is 8.20. The molecule has 2 N–H and O–H groups in total. The van der Waals surface area contributed by atoms with Gasteiger partial charge in [0.15, 0.2) is 23.0 Å². The van der Waals surface area contributed by atoms with Gasteiger partial charge in [-0.25, -0.2) is 0 Å². The molecule has 9 nitrogen and oxygen atoms in total. The number of methoxy groups -OCH3 is 1. The lowest BCUT2D eigenvalue weighted by atomic mass is 9.94. The van der Waals surface area contributed by atoms with E-state index in [1.165, 1.54) is 18.1 Å². The standard InChI is InChI=1S/C26H21BrN2O7/c1-34-20-11-16(9-17(27)24(20)31)22-21(23(30)15-4-5-18-19(10-15)36-8-7-35-18)25(32)26(33)29(22)13-14-3-2-6-28-12-14/h2-6,9-12,22,30-31H,7-8,13H2,1H3/b23-21-. The summed E-state index contributed by atoms with van der Waals surface area (Å²) in [7, 11) is 1.40. The molecule has 184 valence electrons. The lowest BCUT2D eigenvalue weighted by molar-refractivity contribution is -0.140. The van der Waals surface area contributed by atoms with Crippen LogP contribution in [0, 0.1) is 0 Å². The highest BCUT2D eigenvalue weighted by molar-refractivity contribution is 9.10. The fraction of sp³-hybridized carbons (Fsp3) is 0.192. The Kier molecular flexibility index (Phi) is 6.27. The van der Waals surface area contributed by atoms with Crippen LogP contribution in [-0.2, 0) is 16.1 Å². The van der Waals surface area contributed by atoms with E-state index in [9.17, 15) is 19.8 Å². The van der Waals surface area contributed by atoms with E-state index in [0.29, 0.717) is 45.9 Å². The topological polar surface area (TPSA) is 118 Å². The molecule has 3 heterocycles. The molecular formula is C26H21BrN2O7. The quantitative estimate of drug-likeness (QED) is 0.277. The van der Waals surface area contributed by atoms with Crippen molar-refractivity contribution in [2.75, 3.05) is 20.3 Å². The summed E-state index contributed by atoms with van der Waals surface area (Å²) in [4.78, 5) is 32.0. The number of pyridine rings is 1. The van der Waals surface area contributed by atoms with Gasteiger partial charge in [-0.3, -0.25) is 14.6 Å². The molecule has 1 saturated heterocycles. The van der Waals surface area contributed by atoms with Crippen LogP contribution in [0.3, 0.4) is 0 Å². The molecule has 2 aromatic carbocycles. The molecule has 0 spiro atoms. The number of likely N-dealkylation sites (tertiary alicyclic amines) is 1. The van der Waals surface area contributed by atoms with Crippen LogP contribution in [0.4, 0.5) is 0 Å². The van der Waals surface area contributed by atoms with Crippen molar-refractivity contribution in [1.82, 2.24) is 9.88 Å². The predicted molar refractivity (Wildman–Crippen MR) is 132 cm³/mol. The predicted octanol–water partition coefficient (Wildman–Crippen LogP) is 3.95. The van der Waals surface area contributed by atoms with Gasteiger partial charge in [-0.2, -0.15) is 0 Å². The summed E-state index contributed by atoms with van der Waals surface area (Å²) >= 11 is 3.31. The van der Waals surface area contributed by atoms with Crippen molar-refractivity contribution in [2.24, 2.45) is 0 Å². The molecule has 36 heavy (non-hydrogen) atoms. The molecule has 0 saturated carbocycles. The number of hydrogen-bond acceptors (Lipinski definition) is 8. The summed E-state index contributed by atoms with van der Waals surface area (Å²) in [6.45, 7) is 0.838. The molecule has 5 rings (SSSR count). The molecule has 1 amide bonds. The largest absolute Gasteiger partial charge is 0.507 e. The Morgan fingerprint density at radius 1 is 1.17 bits per heavy atom. The van der Waals surface area contributed by atoms with Crippen molar-refractivity contribution >= 4 is 33.4 Å². The Morgan fingerprint density at radius 2 is 1.94 bits per heavy atom. The van der Waals surface area contributed by atoms with Crippen molar-refractivity contribution < 1.29 is 34.0 Å². The number of ether oxygens (including phenoxy) is 3. The number of aliphatic hydroxyl groups is 1. The number of aromatic nitrogens is 1. The van der Waals surface area contributed by atoms with Gasteiger partial charge in [-0.05, 0) is 63.5 Å². The zero-order chi connectivity index (χ0) is 25.4. The van der Waals surface area contributed by atoms with E-state index in [1.807, 2.05) is 0 Å². The third kappa shape index (κ3) is 4.13. The third-order valence-corrected chi connectivity index (χ3v) is 6.62. The Morgan fingerprint density at radius 3 is 2.67 bits per heavy atom. The molecule has 2 aliphatic rings. The molecule has 3 aromatic rings. The summed E-state index contributed by atoms with van der Waals surface area (Å²) in [6.07, 6.45) is 3.21. The number of amides is 1. The summed E-state index contributed by atoms with van der Waals surface area (Å²) in [5.41, 5.74) is 1.36. The summed E-state index contributed by atoms with van der Waals surface area (Å²) in [5.74, 6) is -0.986. The first-order valence-corrected chi connectivity index (χ1v) is 11.8. The number of carbonyl (C=O) groups excluding carboxylic acids is 2. The van der Waals surface area contributed by atoms with Gasteiger partial charge in [0.25, 0.3) is 11.7 Å².